The van der Waals surface area contributed by atoms with Crippen molar-refractivity contribution in [2.75, 3.05) is 0 Å². The Hall–Kier alpha value is -1.12. The van der Waals surface area contributed by atoms with Gasteiger partial charge in [0.1, 0.15) is 0 Å². The van der Waals surface area contributed by atoms with E-state index >= 15 is 0 Å². The Morgan fingerprint density at radius 1 is 1.38 bits per heavy atom. The van der Waals surface area contributed by atoms with Gasteiger partial charge in [0, 0.05) is 11.5 Å². The molecule has 1 aromatic rings. The van der Waals surface area contributed by atoms with Crippen LogP contribution >= 0.6 is 0 Å². The van der Waals surface area contributed by atoms with Gasteiger partial charge in [0.25, 0.3) is 0 Å². The molecular formula is C10H14N2O. The second-order valence-electron chi connectivity index (χ2n) is 3.72. The summed E-state index contributed by atoms with van der Waals surface area (Å²) in [5, 5.41) is 8.04. The largest absolute Gasteiger partial charge is 0.421 e. The molecule has 2 rings (SSSR count). The third kappa shape index (κ3) is 1.64. The highest BCUT2D eigenvalue weighted by Crippen LogP contribution is 2.27. The molecule has 0 aliphatic heterocycles. The normalized spacial score (nSPS) is 16.7. The molecular weight excluding hydrogens is 164 g/mol. The van der Waals surface area contributed by atoms with Crippen molar-refractivity contribution < 1.29 is 4.42 Å². The van der Waals surface area contributed by atoms with Gasteiger partial charge in [0.05, 0.1) is 0 Å². The molecule has 13 heavy (non-hydrogen) atoms. The number of hydrogen-bond acceptors (Lipinski definition) is 3. The maximum atomic E-state index is 5.54. The number of hydrogen-bond donors (Lipinski definition) is 0. The SMILES string of the molecule is CC(C)c1nnc(C2=CCCC2)o1. The third-order valence-electron chi connectivity index (χ3n) is 2.25. The van der Waals surface area contributed by atoms with Crippen molar-refractivity contribution in [3.8, 4) is 0 Å². The van der Waals surface area contributed by atoms with Gasteiger partial charge in [-0.15, -0.1) is 10.2 Å². The van der Waals surface area contributed by atoms with Crippen LogP contribution in [0.5, 0.6) is 0 Å². The lowest BCUT2D eigenvalue weighted by molar-refractivity contribution is 0.459. The molecule has 0 atom stereocenters. The Labute approximate surface area is 77.9 Å². The van der Waals surface area contributed by atoms with E-state index in [1.807, 2.05) is 0 Å². The van der Waals surface area contributed by atoms with Crippen LogP contribution in [-0.2, 0) is 0 Å². The quantitative estimate of drug-likeness (QED) is 0.699. The van der Waals surface area contributed by atoms with E-state index in [1.54, 1.807) is 0 Å². The Morgan fingerprint density at radius 2 is 2.23 bits per heavy atom. The molecule has 1 aliphatic rings. The van der Waals surface area contributed by atoms with Gasteiger partial charge < -0.3 is 4.42 Å². The van der Waals surface area contributed by atoms with Crippen molar-refractivity contribution in [3.63, 3.8) is 0 Å². The lowest BCUT2D eigenvalue weighted by atomic mass is 10.2. The number of aromatic nitrogens is 2. The van der Waals surface area contributed by atoms with E-state index in [4.69, 9.17) is 4.42 Å². The van der Waals surface area contributed by atoms with Gasteiger partial charge in [-0.05, 0) is 19.3 Å². The molecule has 1 aliphatic carbocycles. The maximum absolute atomic E-state index is 5.54. The lowest BCUT2D eigenvalue weighted by Gasteiger charge is -1.95. The standard InChI is InChI=1S/C10H14N2O/c1-7(2)9-11-12-10(13-9)8-5-3-4-6-8/h5,7H,3-4,6H2,1-2H3. The minimum absolute atomic E-state index is 0.322. The molecule has 1 aromatic heterocycles. The number of nitrogens with zero attached hydrogens (tertiary/aromatic N) is 2. The summed E-state index contributed by atoms with van der Waals surface area (Å²) in [4.78, 5) is 0. The van der Waals surface area contributed by atoms with E-state index in [0.717, 1.165) is 24.6 Å². The van der Waals surface area contributed by atoms with Gasteiger partial charge in [-0.25, -0.2) is 0 Å². The Bertz CT molecular complexity index is 325. The number of rotatable bonds is 2. The first-order valence-corrected chi connectivity index (χ1v) is 4.80. The van der Waals surface area contributed by atoms with Crippen molar-refractivity contribution in [2.24, 2.45) is 0 Å². The average Bonchev–Trinajstić information content (AvgIpc) is 2.75. The Morgan fingerprint density at radius 3 is 2.77 bits per heavy atom. The number of allylic oxidation sites excluding steroid dienone is 2. The fourth-order valence-electron chi connectivity index (χ4n) is 1.46. The van der Waals surface area contributed by atoms with Gasteiger partial charge in [0.2, 0.25) is 11.8 Å². The second kappa shape index (κ2) is 3.32. The highest BCUT2D eigenvalue weighted by atomic mass is 16.4. The van der Waals surface area contributed by atoms with Crippen LogP contribution in [0.2, 0.25) is 0 Å². The van der Waals surface area contributed by atoms with Crippen LogP contribution in [0.1, 0.15) is 50.8 Å². The van der Waals surface area contributed by atoms with Crippen LogP contribution in [0.25, 0.3) is 5.57 Å². The van der Waals surface area contributed by atoms with Gasteiger partial charge in [-0.3, -0.25) is 0 Å². The summed E-state index contributed by atoms with van der Waals surface area (Å²) in [7, 11) is 0. The molecule has 0 unspecified atom stereocenters. The molecule has 0 fully saturated rings. The highest BCUT2D eigenvalue weighted by Gasteiger charge is 2.15. The predicted octanol–water partition coefficient (Wildman–Crippen LogP) is 2.76. The molecule has 3 heteroatoms. The van der Waals surface area contributed by atoms with Gasteiger partial charge in [0.15, 0.2) is 0 Å². The van der Waals surface area contributed by atoms with Gasteiger partial charge >= 0.3 is 0 Å². The molecule has 70 valence electrons. The van der Waals surface area contributed by atoms with Gasteiger partial charge in [-0.2, -0.15) is 0 Å². The van der Waals surface area contributed by atoms with Crippen molar-refractivity contribution >= 4 is 5.57 Å². The molecule has 0 bridgehead atoms. The van der Waals surface area contributed by atoms with Crippen LogP contribution in [-0.4, -0.2) is 10.2 Å². The monoisotopic (exact) mass is 178 g/mol. The van der Waals surface area contributed by atoms with Crippen LogP contribution in [0.3, 0.4) is 0 Å². The fraction of sp³-hybridized carbons (Fsp3) is 0.600. The van der Waals surface area contributed by atoms with Crippen molar-refractivity contribution in [3.05, 3.63) is 17.9 Å². The summed E-state index contributed by atoms with van der Waals surface area (Å²) >= 11 is 0. The zero-order valence-electron chi connectivity index (χ0n) is 8.08. The summed E-state index contributed by atoms with van der Waals surface area (Å²) in [5.41, 5.74) is 1.22. The maximum Gasteiger partial charge on any atom is 0.243 e. The van der Waals surface area contributed by atoms with Gasteiger partial charge in [-0.1, -0.05) is 19.9 Å². The van der Waals surface area contributed by atoms with E-state index in [9.17, 15) is 0 Å². The van der Waals surface area contributed by atoms with Crippen LogP contribution in [0, 0.1) is 0 Å². The smallest absolute Gasteiger partial charge is 0.243 e. The molecule has 0 saturated heterocycles. The summed E-state index contributed by atoms with van der Waals surface area (Å²) in [6.07, 6.45) is 5.64. The zero-order valence-corrected chi connectivity index (χ0v) is 8.08. The summed E-state index contributed by atoms with van der Waals surface area (Å²) in [6.45, 7) is 4.11. The van der Waals surface area contributed by atoms with E-state index < -0.39 is 0 Å². The van der Waals surface area contributed by atoms with E-state index in [0.29, 0.717) is 5.92 Å². The Kier molecular flexibility index (Phi) is 2.17. The molecule has 0 amide bonds. The Balaban J connectivity index is 2.22. The minimum atomic E-state index is 0.322. The fourth-order valence-corrected chi connectivity index (χ4v) is 1.46. The molecule has 0 saturated carbocycles. The van der Waals surface area contributed by atoms with Crippen LogP contribution in [0.4, 0.5) is 0 Å². The predicted molar refractivity (Wildman–Crippen MR) is 50.2 cm³/mol. The first-order valence-electron chi connectivity index (χ1n) is 4.80. The van der Waals surface area contributed by atoms with Crippen molar-refractivity contribution in [2.45, 2.75) is 39.0 Å². The summed E-state index contributed by atoms with van der Waals surface area (Å²) < 4.78 is 5.54. The summed E-state index contributed by atoms with van der Waals surface area (Å²) in [6, 6.07) is 0. The average molecular weight is 178 g/mol. The van der Waals surface area contributed by atoms with Crippen molar-refractivity contribution in [1.29, 1.82) is 0 Å². The van der Waals surface area contributed by atoms with E-state index in [1.165, 1.54) is 12.0 Å². The first-order chi connectivity index (χ1) is 6.27. The molecule has 0 aromatic carbocycles. The zero-order chi connectivity index (χ0) is 9.26. The molecule has 0 spiro atoms. The third-order valence-corrected chi connectivity index (χ3v) is 2.25. The minimum Gasteiger partial charge on any atom is -0.421 e. The molecule has 3 nitrogen and oxygen atoms in total. The molecule has 1 heterocycles. The lowest BCUT2D eigenvalue weighted by Crippen LogP contribution is -1.85. The van der Waals surface area contributed by atoms with E-state index in [2.05, 4.69) is 30.1 Å². The van der Waals surface area contributed by atoms with Crippen LogP contribution in [0.15, 0.2) is 10.5 Å². The highest BCUT2D eigenvalue weighted by molar-refractivity contribution is 5.59. The molecule has 0 radical (unpaired) electrons. The second-order valence-corrected chi connectivity index (χ2v) is 3.72. The summed E-state index contributed by atoms with van der Waals surface area (Å²) in [5.74, 6) is 1.78. The first kappa shape index (κ1) is 8.48. The van der Waals surface area contributed by atoms with Crippen LogP contribution < -0.4 is 0 Å². The van der Waals surface area contributed by atoms with Crippen molar-refractivity contribution in [1.82, 2.24) is 10.2 Å². The molecule has 0 N–H and O–H groups in total. The van der Waals surface area contributed by atoms with E-state index in [-0.39, 0.29) is 0 Å². The topological polar surface area (TPSA) is 38.9 Å².